The molecule has 0 aromatic heterocycles. The minimum Gasteiger partial charge on any atom is -0.445 e. The summed E-state index contributed by atoms with van der Waals surface area (Å²) in [5.41, 5.74) is 1.22. The number of carbonyl (C=O) groups is 2. The van der Waals surface area contributed by atoms with Gasteiger partial charge in [0.25, 0.3) is 0 Å². The second kappa shape index (κ2) is 10.0. The zero-order valence-corrected chi connectivity index (χ0v) is 17.1. The molecule has 2 rings (SSSR count). The molecule has 0 radical (unpaired) electrons. The lowest BCUT2D eigenvalue weighted by molar-refractivity contribution is -0.118. The zero-order chi connectivity index (χ0) is 21.4. The van der Waals surface area contributed by atoms with Gasteiger partial charge in [0, 0.05) is 5.69 Å². The van der Waals surface area contributed by atoms with Crippen LogP contribution in [0.25, 0.3) is 0 Å². The molecule has 8 nitrogen and oxygen atoms in total. The molecule has 0 heterocycles. The highest BCUT2D eigenvalue weighted by Crippen LogP contribution is 2.14. The number of hydrogen-bond donors (Lipinski definition) is 3. The molecule has 2 aromatic rings. The van der Waals surface area contributed by atoms with Gasteiger partial charge in [0.05, 0.1) is 4.90 Å². The Balaban J connectivity index is 1.98. The highest BCUT2D eigenvalue weighted by Gasteiger charge is 2.23. The molecule has 0 fully saturated rings. The van der Waals surface area contributed by atoms with E-state index in [-0.39, 0.29) is 17.4 Å². The highest BCUT2D eigenvalue weighted by atomic mass is 32.2. The van der Waals surface area contributed by atoms with Crippen molar-refractivity contribution < 1.29 is 22.7 Å². The van der Waals surface area contributed by atoms with Crippen LogP contribution in [0.3, 0.4) is 0 Å². The average Bonchev–Trinajstić information content (AvgIpc) is 2.66. The molecule has 0 aliphatic heterocycles. The number of nitrogens with one attached hydrogen (secondary N) is 2. The van der Waals surface area contributed by atoms with Crippen molar-refractivity contribution in [3.8, 4) is 0 Å². The van der Waals surface area contributed by atoms with E-state index in [0.717, 1.165) is 5.56 Å². The van der Waals surface area contributed by atoms with Crippen molar-refractivity contribution in [3.05, 3.63) is 60.2 Å². The number of amides is 2. The molecular formula is C20H25N3O5S. The smallest absolute Gasteiger partial charge is 0.408 e. The molecule has 0 aliphatic carbocycles. The Hall–Kier alpha value is -2.91. The van der Waals surface area contributed by atoms with Gasteiger partial charge < -0.3 is 15.4 Å². The summed E-state index contributed by atoms with van der Waals surface area (Å²) in [6, 6.07) is 13.8. The minimum absolute atomic E-state index is 0.0585. The summed E-state index contributed by atoms with van der Waals surface area (Å²) < 4.78 is 27.8. The molecular weight excluding hydrogens is 394 g/mol. The number of rotatable bonds is 8. The van der Waals surface area contributed by atoms with Crippen LogP contribution in [0.5, 0.6) is 0 Å². The quantitative estimate of drug-likeness (QED) is 0.606. The van der Waals surface area contributed by atoms with Gasteiger partial charge in [0.15, 0.2) is 0 Å². The van der Waals surface area contributed by atoms with E-state index in [4.69, 9.17) is 9.88 Å². The third kappa shape index (κ3) is 7.55. The van der Waals surface area contributed by atoms with Crippen molar-refractivity contribution in [2.75, 3.05) is 5.32 Å². The summed E-state index contributed by atoms with van der Waals surface area (Å²) in [7, 11) is -3.81. The summed E-state index contributed by atoms with van der Waals surface area (Å²) in [5.74, 6) is -0.288. The number of alkyl carbamates (subject to hydrolysis) is 1. The van der Waals surface area contributed by atoms with Crippen LogP contribution in [0.15, 0.2) is 59.5 Å². The SMILES string of the molecule is CC(C)CC(NC(=O)OCc1ccccc1)C(=O)Nc1ccc(S(N)(=O)=O)cc1. The van der Waals surface area contributed by atoms with Crippen molar-refractivity contribution in [3.63, 3.8) is 0 Å². The van der Waals surface area contributed by atoms with E-state index >= 15 is 0 Å². The zero-order valence-electron chi connectivity index (χ0n) is 16.3. The molecule has 0 saturated carbocycles. The summed E-state index contributed by atoms with van der Waals surface area (Å²) in [6.45, 7) is 3.95. The molecule has 0 saturated heterocycles. The third-order valence-corrected chi connectivity index (χ3v) is 4.91. The van der Waals surface area contributed by atoms with Gasteiger partial charge in [-0.1, -0.05) is 44.2 Å². The number of benzene rings is 2. The highest BCUT2D eigenvalue weighted by molar-refractivity contribution is 7.89. The number of primary sulfonamides is 1. The molecule has 156 valence electrons. The Labute approximate surface area is 170 Å². The molecule has 9 heteroatoms. The molecule has 1 unspecified atom stereocenters. The van der Waals surface area contributed by atoms with Crippen molar-refractivity contribution in [1.82, 2.24) is 5.32 Å². The van der Waals surface area contributed by atoms with Gasteiger partial charge in [-0.25, -0.2) is 18.4 Å². The number of carbonyl (C=O) groups excluding carboxylic acids is 2. The van der Waals surface area contributed by atoms with Crippen LogP contribution in [-0.2, 0) is 26.2 Å². The summed E-state index contributed by atoms with van der Waals surface area (Å²) in [6.07, 6.45) is -0.291. The first-order valence-corrected chi connectivity index (χ1v) is 10.6. The van der Waals surface area contributed by atoms with Gasteiger partial charge in [-0.05, 0) is 42.2 Å². The Morgan fingerprint density at radius 2 is 1.66 bits per heavy atom. The van der Waals surface area contributed by atoms with Crippen LogP contribution < -0.4 is 15.8 Å². The fourth-order valence-electron chi connectivity index (χ4n) is 2.57. The van der Waals surface area contributed by atoms with Crippen molar-refractivity contribution in [2.45, 2.75) is 37.8 Å². The Morgan fingerprint density at radius 3 is 2.21 bits per heavy atom. The largest absolute Gasteiger partial charge is 0.445 e. The van der Waals surface area contributed by atoms with E-state index < -0.39 is 28.1 Å². The van der Waals surface area contributed by atoms with Crippen LogP contribution >= 0.6 is 0 Å². The molecule has 0 aliphatic rings. The van der Waals surface area contributed by atoms with Crippen molar-refractivity contribution >= 4 is 27.7 Å². The number of ether oxygens (including phenoxy) is 1. The first-order chi connectivity index (χ1) is 13.6. The topological polar surface area (TPSA) is 128 Å². The van der Waals surface area contributed by atoms with Gasteiger partial charge in [-0.3, -0.25) is 4.79 Å². The first-order valence-electron chi connectivity index (χ1n) is 9.06. The van der Waals surface area contributed by atoms with E-state index in [9.17, 15) is 18.0 Å². The van der Waals surface area contributed by atoms with Gasteiger partial charge in [-0.15, -0.1) is 0 Å². The molecule has 29 heavy (non-hydrogen) atoms. The number of sulfonamides is 1. The normalized spacial score (nSPS) is 12.3. The number of hydrogen-bond acceptors (Lipinski definition) is 5. The fourth-order valence-corrected chi connectivity index (χ4v) is 3.08. The minimum atomic E-state index is -3.81. The maximum absolute atomic E-state index is 12.6. The molecule has 0 spiro atoms. The molecule has 4 N–H and O–H groups in total. The van der Waals surface area contributed by atoms with Crippen LogP contribution in [0, 0.1) is 5.92 Å². The van der Waals surface area contributed by atoms with E-state index in [0.29, 0.717) is 12.1 Å². The van der Waals surface area contributed by atoms with Crippen LogP contribution in [0.4, 0.5) is 10.5 Å². The van der Waals surface area contributed by atoms with Crippen LogP contribution in [0.2, 0.25) is 0 Å². The number of nitrogens with two attached hydrogens (primary N) is 1. The van der Waals surface area contributed by atoms with Crippen molar-refractivity contribution in [2.24, 2.45) is 11.1 Å². The molecule has 2 aromatic carbocycles. The third-order valence-electron chi connectivity index (χ3n) is 3.98. The van der Waals surface area contributed by atoms with Crippen molar-refractivity contribution in [1.29, 1.82) is 0 Å². The fraction of sp³-hybridized carbons (Fsp3) is 0.300. The maximum Gasteiger partial charge on any atom is 0.408 e. The van der Waals surface area contributed by atoms with Gasteiger partial charge in [-0.2, -0.15) is 0 Å². The predicted molar refractivity (Wildman–Crippen MR) is 109 cm³/mol. The molecule has 1 atom stereocenters. The second-order valence-electron chi connectivity index (χ2n) is 6.95. The van der Waals surface area contributed by atoms with Crippen LogP contribution in [0.1, 0.15) is 25.8 Å². The lowest BCUT2D eigenvalue weighted by Gasteiger charge is -2.20. The average molecular weight is 420 g/mol. The Kier molecular flexibility index (Phi) is 7.74. The summed E-state index contributed by atoms with van der Waals surface area (Å²) in [4.78, 5) is 24.7. The van der Waals surface area contributed by atoms with E-state index in [1.54, 1.807) is 0 Å². The lowest BCUT2D eigenvalue weighted by Crippen LogP contribution is -2.44. The number of anilines is 1. The standard InChI is InChI=1S/C20H25N3O5S/c1-14(2)12-18(23-20(25)28-13-15-6-4-3-5-7-15)19(24)22-16-8-10-17(11-9-16)29(21,26)27/h3-11,14,18H,12-13H2,1-2H3,(H,22,24)(H,23,25)(H2,21,26,27). The lowest BCUT2D eigenvalue weighted by atomic mass is 10.0. The van der Waals surface area contributed by atoms with E-state index in [2.05, 4.69) is 10.6 Å². The predicted octanol–water partition coefficient (Wildman–Crippen LogP) is 2.61. The Morgan fingerprint density at radius 1 is 1.03 bits per heavy atom. The molecule has 0 bridgehead atoms. The Bertz CT molecular complexity index is 928. The van der Waals surface area contributed by atoms with Gasteiger partial charge in [0.2, 0.25) is 15.9 Å². The van der Waals surface area contributed by atoms with E-state index in [1.807, 2.05) is 44.2 Å². The van der Waals surface area contributed by atoms with E-state index in [1.165, 1.54) is 24.3 Å². The first kappa shape index (κ1) is 22.4. The molecule has 2 amide bonds. The van der Waals surface area contributed by atoms with Crippen LogP contribution in [-0.4, -0.2) is 26.5 Å². The monoisotopic (exact) mass is 419 g/mol. The second-order valence-corrected chi connectivity index (χ2v) is 8.51. The van der Waals surface area contributed by atoms with Gasteiger partial charge >= 0.3 is 6.09 Å². The van der Waals surface area contributed by atoms with Gasteiger partial charge in [0.1, 0.15) is 12.6 Å². The summed E-state index contributed by atoms with van der Waals surface area (Å²) >= 11 is 0. The maximum atomic E-state index is 12.6. The summed E-state index contributed by atoms with van der Waals surface area (Å²) in [5, 5.41) is 10.3.